The quantitative estimate of drug-likeness (QED) is 0.470. The van der Waals surface area contributed by atoms with E-state index in [9.17, 15) is 18.0 Å². The number of nitrogens with one attached hydrogen (secondary N) is 1. The van der Waals surface area contributed by atoms with Crippen LogP contribution in [0.3, 0.4) is 0 Å². The fourth-order valence-corrected chi connectivity index (χ4v) is 3.95. The summed E-state index contributed by atoms with van der Waals surface area (Å²) in [5, 5.41) is 2.96. The van der Waals surface area contributed by atoms with Gasteiger partial charge in [0.05, 0.1) is 12.8 Å². The van der Waals surface area contributed by atoms with Crippen LogP contribution in [0.5, 0.6) is 0 Å². The van der Waals surface area contributed by atoms with Crippen molar-refractivity contribution in [1.29, 1.82) is 0 Å². The summed E-state index contributed by atoms with van der Waals surface area (Å²) in [5.41, 5.74) is 3.53. The Morgan fingerprint density at radius 3 is 2.00 bits per heavy atom. The van der Waals surface area contributed by atoms with E-state index in [2.05, 4.69) is 5.32 Å². The maximum Gasteiger partial charge on any atom is 0.247 e. The topological polar surface area (TPSA) is 86.8 Å². The van der Waals surface area contributed by atoms with E-state index < -0.39 is 22.0 Å². The second-order valence-electron chi connectivity index (χ2n) is 8.54. The highest BCUT2D eigenvalue weighted by Gasteiger charge is 2.32. The molecule has 7 nitrogen and oxygen atoms in total. The van der Waals surface area contributed by atoms with Gasteiger partial charge in [0.2, 0.25) is 21.8 Å². The number of sulfonamides is 1. The number of hydrogen-bond donors (Lipinski definition) is 1. The maximum absolute atomic E-state index is 13.6. The number of carbonyl (C=O) groups is 2. The molecule has 0 heterocycles. The van der Waals surface area contributed by atoms with Crippen LogP contribution in [0.15, 0.2) is 84.9 Å². The molecule has 0 radical (unpaired) electrons. The minimum absolute atomic E-state index is 0.148. The monoisotopic (exact) mass is 493 g/mol. The molecule has 2 amide bonds. The summed E-state index contributed by atoms with van der Waals surface area (Å²) in [7, 11) is -2.23. The minimum Gasteiger partial charge on any atom is -0.350 e. The van der Waals surface area contributed by atoms with Gasteiger partial charge < -0.3 is 10.2 Å². The van der Waals surface area contributed by atoms with Crippen molar-refractivity contribution in [3.8, 4) is 0 Å². The number of carbonyl (C=O) groups excluding carboxylic acids is 2. The molecule has 3 rings (SSSR count). The predicted molar refractivity (Wildman–Crippen MR) is 137 cm³/mol. The second-order valence-corrected chi connectivity index (χ2v) is 10.6. The molecule has 0 saturated heterocycles. The van der Waals surface area contributed by atoms with E-state index in [1.807, 2.05) is 79.7 Å². The molecule has 3 aromatic carbocycles. The number of rotatable bonds is 10. The van der Waals surface area contributed by atoms with Crippen molar-refractivity contribution in [2.45, 2.75) is 26.1 Å². The SMILES string of the molecule is Cc1ccc(CNC(=O)[C@@H](c2ccccc2)N(Cc2ccccc2)C(=O)CN(C)S(C)(=O)=O)cc1. The van der Waals surface area contributed by atoms with E-state index in [1.54, 1.807) is 12.1 Å². The van der Waals surface area contributed by atoms with E-state index in [4.69, 9.17) is 0 Å². The van der Waals surface area contributed by atoms with Gasteiger partial charge in [0.1, 0.15) is 6.04 Å². The lowest BCUT2D eigenvalue weighted by Gasteiger charge is -2.32. The molecule has 0 aliphatic rings. The van der Waals surface area contributed by atoms with Crippen LogP contribution in [0.25, 0.3) is 0 Å². The highest BCUT2D eigenvalue weighted by Crippen LogP contribution is 2.24. The van der Waals surface area contributed by atoms with E-state index >= 15 is 0 Å². The Hall–Kier alpha value is -3.49. The van der Waals surface area contributed by atoms with Gasteiger partial charge in [0.25, 0.3) is 0 Å². The normalized spacial score (nSPS) is 12.2. The molecule has 0 spiro atoms. The van der Waals surface area contributed by atoms with Gasteiger partial charge in [-0.1, -0.05) is 90.5 Å². The lowest BCUT2D eigenvalue weighted by molar-refractivity contribution is -0.141. The van der Waals surface area contributed by atoms with Crippen molar-refractivity contribution in [3.05, 3.63) is 107 Å². The number of nitrogens with zero attached hydrogens (tertiary/aromatic N) is 2. The first-order chi connectivity index (χ1) is 16.6. The third kappa shape index (κ3) is 7.50. The van der Waals surface area contributed by atoms with Crippen molar-refractivity contribution in [2.24, 2.45) is 0 Å². The largest absolute Gasteiger partial charge is 0.350 e. The third-order valence-electron chi connectivity index (χ3n) is 5.70. The highest BCUT2D eigenvalue weighted by molar-refractivity contribution is 7.88. The number of aryl methyl sites for hydroxylation is 1. The number of benzene rings is 3. The minimum atomic E-state index is -3.58. The standard InChI is InChI=1S/C27H31N3O4S/c1-21-14-16-22(17-15-21)18-28-27(32)26(24-12-8-5-9-13-24)30(19-23-10-6-4-7-11-23)25(31)20-29(2)35(3,33)34/h4-17,26H,18-20H2,1-3H3,(H,28,32)/t26-/m1/s1. The first-order valence-electron chi connectivity index (χ1n) is 11.3. The Bertz CT molecular complexity index is 1230. The summed E-state index contributed by atoms with van der Waals surface area (Å²) in [6.07, 6.45) is 1.05. The molecule has 1 atom stereocenters. The molecule has 0 aliphatic heterocycles. The van der Waals surface area contributed by atoms with Crippen LogP contribution in [0.2, 0.25) is 0 Å². The predicted octanol–water partition coefficient (Wildman–Crippen LogP) is 3.27. The van der Waals surface area contributed by atoms with Gasteiger partial charge in [-0.15, -0.1) is 0 Å². The van der Waals surface area contributed by atoms with Crippen molar-refractivity contribution >= 4 is 21.8 Å². The van der Waals surface area contributed by atoms with Crippen LogP contribution in [-0.4, -0.2) is 49.3 Å². The molecular weight excluding hydrogens is 462 g/mol. The molecular formula is C27H31N3O4S. The fourth-order valence-electron chi connectivity index (χ4n) is 3.60. The zero-order valence-corrected chi connectivity index (χ0v) is 21.0. The van der Waals surface area contributed by atoms with Gasteiger partial charge >= 0.3 is 0 Å². The summed E-state index contributed by atoms with van der Waals surface area (Å²) in [4.78, 5) is 28.5. The Morgan fingerprint density at radius 2 is 1.43 bits per heavy atom. The Kier molecular flexibility index (Phi) is 8.78. The molecule has 3 aromatic rings. The van der Waals surface area contributed by atoms with Gasteiger partial charge in [-0.2, -0.15) is 4.31 Å². The smallest absolute Gasteiger partial charge is 0.247 e. The van der Waals surface area contributed by atoms with Crippen molar-refractivity contribution < 1.29 is 18.0 Å². The van der Waals surface area contributed by atoms with Crippen molar-refractivity contribution in [1.82, 2.24) is 14.5 Å². The Balaban J connectivity index is 1.95. The lowest BCUT2D eigenvalue weighted by Crippen LogP contribution is -2.47. The molecule has 184 valence electrons. The van der Waals surface area contributed by atoms with Crippen LogP contribution in [0.1, 0.15) is 28.3 Å². The molecule has 0 aromatic heterocycles. The second kappa shape index (κ2) is 11.8. The first-order valence-corrected chi connectivity index (χ1v) is 13.1. The average Bonchev–Trinajstić information content (AvgIpc) is 2.84. The van der Waals surface area contributed by atoms with Gasteiger partial charge in [-0.3, -0.25) is 9.59 Å². The summed E-state index contributed by atoms with van der Waals surface area (Å²) in [5.74, 6) is -0.816. The number of hydrogen-bond acceptors (Lipinski definition) is 4. The zero-order chi connectivity index (χ0) is 25.4. The molecule has 0 unspecified atom stereocenters. The molecule has 0 saturated carbocycles. The summed E-state index contributed by atoms with van der Waals surface area (Å²) in [6.45, 7) is 2.07. The summed E-state index contributed by atoms with van der Waals surface area (Å²) >= 11 is 0. The van der Waals surface area contributed by atoms with E-state index in [-0.39, 0.29) is 19.0 Å². The fraction of sp³-hybridized carbons (Fsp3) is 0.259. The van der Waals surface area contributed by atoms with Crippen LogP contribution in [0, 0.1) is 6.92 Å². The molecule has 0 fully saturated rings. The highest BCUT2D eigenvalue weighted by atomic mass is 32.2. The van der Waals surface area contributed by atoms with Gasteiger partial charge in [0.15, 0.2) is 0 Å². The summed E-state index contributed by atoms with van der Waals surface area (Å²) in [6, 6.07) is 25.3. The average molecular weight is 494 g/mol. The van der Waals surface area contributed by atoms with Gasteiger partial charge in [-0.25, -0.2) is 8.42 Å². The summed E-state index contributed by atoms with van der Waals surface area (Å²) < 4.78 is 24.9. The third-order valence-corrected chi connectivity index (χ3v) is 6.96. The van der Waals surface area contributed by atoms with Crippen LogP contribution >= 0.6 is 0 Å². The molecule has 0 bridgehead atoms. The van der Waals surface area contributed by atoms with Crippen LogP contribution in [0.4, 0.5) is 0 Å². The van der Waals surface area contributed by atoms with Gasteiger partial charge in [-0.05, 0) is 23.6 Å². The zero-order valence-electron chi connectivity index (χ0n) is 20.2. The molecule has 1 N–H and O–H groups in total. The van der Waals surface area contributed by atoms with Crippen LogP contribution in [-0.2, 0) is 32.7 Å². The van der Waals surface area contributed by atoms with Gasteiger partial charge in [0, 0.05) is 20.1 Å². The van der Waals surface area contributed by atoms with Crippen molar-refractivity contribution in [2.75, 3.05) is 19.8 Å². The maximum atomic E-state index is 13.6. The van der Waals surface area contributed by atoms with E-state index in [0.29, 0.717) is 12.1 Å². The Morgan fingerprint density at radius 1 is 0.857 bits per heavy atom. The number of likely N-dealkylation sites (N-methyl/N-ethyl adjacent to an activating group) is 1. The van der Waals surface area contributed by atoms with E-state index in [1.165, 1.54) is 11.9 Å². The lowest BCUT2D eigenvalue weighted by atomic mass is 10.0. The van der Waals surface area contributed by atoms with E-state index in [0.717, 1.165) is 27.3 Å². The molecule has 8 heteroatoms. The Labute approximate surface area is 207 Å². The van der Waals surface area contributed by atoms with Crippen LogP contribution < -0.4 is 5.32 Å². The van der Waals surface area contributed by atoms with Crippen molar-refractivity contribution in [3.63, 3.8) is 0 Å². The molecule has 35 heavy (non-hydrogen) atoms. The first kappa shape index (κ1) is 26.1. The number of amides is 2. The molecule has 0 aliphatic carbocycles.